The number of rotatable bonds is 2. The minimum atomic E-state index is -0.642. The summed E-state index contributed by atoms with van der Waals surface area (Å²) in [6, 6.07) is 0. The molecule has 0 radical (unpaired) electrons. The molecule has 0 saturated carbocycles. The Balaban J connectivity index is 2.50. The van der Waals surface area contributed by atoms with Crippen molar-refractivity contribution in [3.8, 4) is 0 Å². The van der Waals surface area contributed by atoms with Crippen molar-refractivity contribution in [1.29, 1.82) is 0 Å². The molecule has 0 spiro atoms. The Morgan fingerprint density at radius 3 is 1.86 bits per heavy atom. The number of hydrogen-bond donors (Lipinski definition) is 0. The van der Waals surface area contributed by atoms with Crippen LogP contribution >= 0.6 is 0 Å². The van der Waals surface area contributed by atoms with Crippen LogP contribution in [0.5, 0.6) is 0 Å². The Hall–Kier alpha value is -1.39. The molecule has 2 heterocycles. The lowest BCUT2D eigenvalue weighted by Crippen LogP contribution is -2.71. The smallest absolute Gasteiger partial charge is 0.219 e. The molecule has 2 saturated heterocycles. The summed E-state index contributed by atoms with van der Waals surface area (Å²) in [6.07, 6.45) is 0.860. The minimum Gasteiger partial charge on any atom is -0.341 e. The molecular weight excluding hydrogens is 268 g/mol. The Labute approximate surface area is 126 Å². The summed E-state index contributed by atoms with van der Waals surface area (Å²) in [6.45, 7) is 10.9. The van der Waals surface area contributed by atoms with E-state index in [2.05, 4.69) is 13.8 Å². The molecule has 5 heteroatoms. The van der Waals surface area contributed by atoms with Crippen LogP contribution < -0.4 is 0 Å². The van der Waals surface area contributed by atoms with E-state index in [9.17, 15) is 14.4 Å². The van der Waals surface area contributed by atoms with Crippen LogP contribution in [0.4, 0.5) is 0 Å². The summed E-state index contributed by atoms with van der Waals surface area (Å²) in [5.74, 6) is 0.406. The van der Waals surface area contributed by atoms with Gasteiger partial charge in [0.2, 0.25) is 11.8 Å². The molecule has 0 unspecified atom stereocenters. The van der Waals surface area contributed by atoms with Gasteiger partial charge in [-0.25, -0.2) is 0 Å². The molecule has 0 aromatic heterocycles. The number of carbonyl (C=O) groups excluding carboxylic acids is 3. The van der Waals surface area contributed by atoms with Gasteiger partial charge in [-0.2, -0.15) is 0 Å². The number of likely N-dealkylation sites (tertiary alicyclic amines) is 2. The highest BCUT2D eigenvalue weighted by atomic mass is 16.2. The van der Waals surface area contributed by atoms with Gasteiger partial charge in [-0.3, -0.25) is 14.4 Å². The number of piperidine rings is 2. The highest BCUT2D eigenvalue weighted by Crippen LogP contribution is 2.47. The third-order valence-electron chi connectivity index (χ3n) is 5.47. The molecule has 5 nitrogen and oxygen atoms in total. The van der Waals surface area contributed by atoms with Crippen LogP contribution in [0.25, 0.3) is 0 Å². The topological polar surface area (TPSA) is 57.7 Å². The Morgan fingerprint density at radius 1 is 1.10 bits per heavy atom. The van der Waals surface area contributed by atoms with Crippen LogP contribution in [-0.4, -0.2) is 53.6 Å². The summed E-state index contributed by atoms with van der Waals surface area (Å²) in [4.78, 5) is 40.5. The Morgan fingerprint density at radius 2 is 1.52 bits per heavy atom. The molecule has 2 amide bonds. The van der Waals surface area contributed by atoms with E-state index in [0.29, 0.717) is 26.2 Å². The maximum absolute atomic E-state index is 13.1. The standard InChI is InChI=1S/C16H26N2O3/c1-6-11(2)16-9-17(12(3)19)7-15(5,14(16)21)8-18(10-16)13(4)20/h11H,6-10H2,1-5H3/t11-,15?,16?/m1/s1. The normalized spacial score (nSPS) is 33.9. The first-order chi connectivity index (χ1) is 9.66. The van der Waals surface area contributed by atoms with Gasteiger partial charge in [0.15, 0.2) is 5.78 Å². The van der Waals surface area contributed by atoms with Crippen LogP contribution in [0.15, 0.2) is 0 Å². The first-order valence-electron chi connectivity index (χ1n) is 7.72. The second-order valence-corrected chi connectivity index (χ2v) is 7.11. The van der Waals surface area contributed by atoms with Gasteiger partial charge >= 0.3 is 0 Å². The number of carbonyl (C=O) groups is 3. The molecule has 2 aliphatic heterocycles. The van der Waals surface area contributed by atoms with Gasteiger partial charge in [-0.05, 0) is 12.8 Å². The van der Waals surface area contributed by atoms with Crippen LogP contribution in [0, 0.1) is 16.7 Å². The lowest BCUT2D eigenvalue weighted by molar-refractivity contribution is -0.172. The van der Waals surface area contributed by atoms with Crippen LogP contribution in [-0.2, 0) is 14.4 Å². The molecule has 2 bridgehead atoms. The average Bonchev–Trinajstić information content (AvgIpc) is 2.39. The predicted molar refractivity (Wildman–Crippen MR) is 79.5 cm³/mol. The van der Waals surface area contributed by atoms with Crippen molar-refractivity contribution in [1.82, 2.24) is 9.80 Å². The van der Waals surface area contributed by atoms with Gasteiger partial charge < -0.3 is 9.80 Å². The van der Waals surface area contributed by atoms with Crippen molar-refractivity contribution >= 4 is 17.6 Å². The fourth-order valence-corrected chi connectivity index (χ4v) is 4.00. The Bertz CT molecular complexity index is 460. The first-order valence-corrected chi connectivity index (χ1v) is 7.72. The number of fused-ring (bicyclic) bond motifs is 2. The van der Waals surface area contributed by atoms with Crippen molar-refractivity contribution in [2.45, 2.75) is 41.0 Å². The molecule has 21 heavy (non-hydrogen) atoms. The molecule has 118 valence electrons. The summed E-state index contributed by atoms with van der Waals surface area (Å²) < 4.78 is 0. The monoisotopic (exact) mass is 294 g/mol. The van der Waals surface area contributed by atoms with E-state index in [1.54, 1.807) is 23.6 Å². The third-order valence-corrected chi connectivity index (χ3v) is 5.47. The zero-order valence-electron chi connectivity index (χ0n) is 13.7. The van der Waals surface area contributed by atoms with Crippen molar-refractivity contribution in [3.63, 3.8) is 0 Å². The van der Waals surface area contributed by atoms with Crippen LogP contribution in [0.1, 0.15) is 41.0 Å². The van der Waals surface area contributed by atoms with Gasteiger partial charge in [0, 0.05) is 40.0 Å². The molecule has 0 N–H and O–H groups in total. The van der Waals surface area contributed by atoms with Crippen molar-refractivity contribution in [2.24, 2.45) is 16.7 Å². The van der Waals surface area contributed by atoms with E-state index in [0.717, 1.165) is 6.42 Å². The quantitative estimate of drug-likeness (QED) is 0.772. The van der Waals surface area contributed by atoms with Gasteiger partial charge in [-0.1, -0.05) is 20.3 Å². The zero-order chi connectivity index (χ0) is 16.0. The van der Waals surface area contributed by atoms with Crippen LogP contribution in [0.3, 0.4) is 0 Å². The zero-order valence-corrected chi connectivity index (χ0v) is 13.7. The lowest BCUT2D eigenvalue weighted by atomic mass is 9.58. The fourth-order valence-electron chi connectivity index (χ4n) is 4.00. The predicted octanol–water partition coefficient (Wildman–Crippen LogP) is 1.32. The third kappa shape index (κ3) is 2.36. The van der Waals surface area contributed by atoms with Crippen molar-refractivity contribution in [2.75, 3.05) is 26.2 Å². The number of amides is 2. The summed E-state index contributed by atoms with van der Waals surface area (Å²) in [5.41, 5.74) is -1.26. The van der Waals surface area contributed by atoms with Gasteiger partial charge in [0.1, 0.15) is 0 Å². The number of ketones is 1. The van der Waals surface area contributed by atoms with Crippen molar-refractivity contribution in [3.05, 3.63) is 0 Å². The van der Waals surface area contributed by atoms with E-state index < -0.39 is 10.8 Å². The average molecular weight is 294 g/mol. The highest BCUT2D eigenvalue weighted by Gasteiger charge is 2.60. The van der Waals surface area contributed by atoms with E-state index in [1.165, 1.54) is 0 Å². The highest BCUT2D eigenvalue weighted by molar-refractivity contribution is 5.95. The Kier molecular flexibility index (Phi) is 3.89. The second-order valence-electron chi connectivity index (χ2n) is 7.11. The van der Waals surface area contributed by atoms with E-state index in [4.69, 9.17) is 0 Å². The number of nitrogens with zero attached hydrogens (tertiary/aromatic N) is 2. The van der Waals surface area contributed by atoms with E-state index >= 15 is 0 Å². The maximum atomic E-state index is 13.1. The molecule has 2 fully saturated rings. The molecule has 0 aromatic carbocycles. The molecule has 2 rings (SSSR count). The van der Waals surface area contributed by atoms with E-state index in [1.807, 2.05) is 6.92 Å². The molecule has 1 atom stereocenters. The summed E-state index contributed by atoms with van der Waals surface area (Å²) >= 11 is 0. The first kappa shape index (κ1) is 16.0. The summed E-state index contributed by atoms with van der Waals surface area (Å²) in [5, 5.41) is 0. The van der Waals surface area contributed by atoms with Crippen LogP contribution in [0.2, 0.25) is 0 Å². The second kappa shape index (κ2) is 5.11. The summed E-state index contributed by atoms with van der Waals surface area (Å²) in [7, 11) is 0. The lowest BCUT2D eigenvalue weighted by Gasteiger charge is -2.58. The van der Waals surface area contributed by atoms with Gasteiger partial charge in [0.25, 0.3) is 0 Å². The van der Waals surface area contributed by atoms with Crippen molar-refractivity contribution < 1.29 is 14.4 Å². The minimum absolute atomic E-state index is 0.0117. The van der Waals surface area contributed by atoms with Gasteiger partial charge in [-0.15, -0.1) is 0 Å². The van der Waals surface area contributed by atoms with E-state index in [-0.39, 0.29) is 23.5 Å². The maximum Gasteiger partial charge on any atom is 0.219 e. The number of Topliss-reactive ketones (excluding diaryl/α,β-unsaturated/α-hetero) is 1. The van der Waals surface area contributed by atoms with Gasteiger partial charge in [0.05, 0.1) is 10.8 Å². The molecule has 0 aromatic rings. The molecule has 0 aliphatic carbocycles. The SMILES string of the molecule is CC[C@@H](C)C12CN(C(C)=O)CC(C)(CN(C(C)=O)C1)C2=O. The molecule has 2 aliphatic rings. The largest absolute Gasteiger partial charge is 0.341 e. The number of hydrogen-bond acceptors (Lipinski definition) is 3. The molecular formula is C16H26N2O3. The fraction of sp³-hybridized carbons (Fsp3) is 0.812.